The van der Waals surface area contributed by atoms with E-state index in [1.165, 1.54) is 11.1 Å². The maximum Gasteiger partial charge on any atom is 0.270 e. The highest BCUT2D eigenvalue weighted by Crippen LogP contribution is 2.37. The molecule has 31 heavy (non-hydrogen) atoms. The van der Waals surface area contributed by atoms with Crippen molar-refractivity contribution in [3.8, 4) is 5.75 Å². The normalized spacial score (nSPS) is 20.4. The van der Waals surface area contributed by atoms with Gasteiger partial charge in [0.05, 0.1) is 6.61 Å². The van der Waals surface area contributed by atoms with Crippen molar-refractivity contribution in [1.29, 1.82) is 0 Å². The molecule has 1 aromatic carbocycles. The Bertz CT molecular complexity index is 1040. The number of aromatic amines is 1. The zero-order valence-corrected chi connectivity index (χ0v) is 18.7. The van der Waals surface area contributed by atoms with Gasteiger partial charge in [0.15, 0.2) is 5.78 Å². The molecular weight excluding hydrogens is 390 g/mol. The summed E-state index contributed by atoms with van der Waals surface area (Å²) in [5.41, 5.74) is 5.65. The first kappa shape index (κ1) is 20.3. The van der Waals surface area contributed by atoms with Crippen LogP contribution in [0.4, 0.5) is 0 Å². The van der Waals surface area contributed by atoms with Crippen LogP contribution in [0, 0.1) is 12.3 Å². The minimum Gasteiger partial charge on any atom is -0.493 e. The Hall–Kier alpha value is -2.60. The zero-order chi connectivity index (χ0) is 21.8. The van der Waals surface area contributed by atoms with Crippen LogP contribution in [0.3, 0.4) is 0 Å². The number of nitrogens with one attached hydrogen (secondary N) is 1. The number of ether oxygens (including phenoxy) is 1. The fourth-order valence-electron chi connectivity index (χ4n) is 5.31. The summed E-state index contributed by atoms with van der Waals surface area (Å²) >= 11 is 0. The van der Waals surface area contributed by atoms with Crippen molar-refractivity contribution in [2.75, 3.05) is 32.8 Å². The molecule has 1 amide bonds. The van der Waals surface area contributed by atoms with Gasteiger partial charge < -0.3 is 14.6 Å². The summed E-state index contributed by atoms with van der Waals surface area (Å²) in [7, 11) is 0. The molecule has 3 heterocycles. The smallest absolute Gasteiger partial charge is 0.270 e. The number of piperazine rings is 1. The Morgan fingerprint density at radius 3 is 2.71 bits per heavy atom. The fourth-order valence-corrected chi connectivity index (χ4v) is 5.31. The molecule has 2 aromatic rings. The Balaban J connectivity index is 1.24. The van der Waals surface area contributed by atoms with E-state index in [9.17, 15) is 9.59 Å². The molecule has 1 N–H and O–H groups in total. The topological polar surface area (TPSA) is 65.6 Å². The van der Waals surface area contributed by atoms with Gasteiger partial charge in [-0.25, -0.2) is 0 Å². The highest BCUT2D eigenvalue weighted by molar-refractivity contribution is 6.04. The van der Waals surface area contributed by atoms with Gasteiger partial charge in [0.25, 0.3) is 5.91 Å². The number of aromatic nitrogens is 1. The van der Waals surface area contributed by atoms with Crippen molar-refractivity contribution in [2.24, 2.45) is 5.41 Å². The van der Waals surface area contributed by atoms with Crippen molar-refractivity contribution in [3.05, 3.63) is 51.8 Å². The summed E-state index contributed by atoms with van der Waals surface area (Å²) in [5, 5.41) is 0. The Morgan fingerprint density at radius 1 is 1.16 bits per heavy atom. The molecule has 0 unspecified atom stereocenters. The van der Waals surface area contributed by atoms with E-state index >= 15 is 0 Å². The number of hydrogen-bond donors (Lipinski definition) is 1. The molecule has 6 heteroatoms. The largest absolute Gasteiger partial charge is 0.493 e. The summed E-state index contributed by atoms with van der Waals surface area (Å²) in [4.78, 5) is 33.6. The molecule has 1 aromatic heterocycles. The third kappa shape index (κ3) is 3.78. The molecule has 164 valence electrons. The van der Waals surface area contributed by atoms with Crippen molar-refractivity contribution < 1.29 is 14.3 Å². The van der Waals surface area contributed by atoms with E-state index < -0.39 is 0 Å². The number of benzene rings is 1. The van der Waals surface area contributed by atoms with E-state index in [2.05, 4.69) is 41.9 Å². The first-order valence-electron chi connectivity index (χ1n) is 11.3. The van der Waals surface area contributed by atoms with Crippen LogP contribution >= 0.6 is 0 Å². The number of carbonyl (C=O) groups is 2. The number of ketones is 1. The second-order valence-electron chi connectivity index (χ2n) is 10.0. The lowest BCUT2D eigenvalue weighted by Crippen LogP contribution is -2.48. The summed E-state index contributed by atoms with van der Waals surface area (Å²) in [6.07, 6.45) is 2.34. The molecule has 0 atom stereocenters. The van der Waals surface area contributed by atoms with Gasteiger partial charge >= 0.3 is 0 Å². The molecule has 1 aliphatic carbocycles. The summed E-state index contributed by atoms with van der Waals surface area (Å²) in [6, 6.07) is 6.48. The standard InChI is InChI=1S/C25H31N3O3/c1-16-22-19(13-25(2,3)14-20(22)29)26-23(16)24(30)28-9-7-27(8-10-28)15-17-4-5-21-18(12-17)6-11-31-21/h4-5,12,26H,6-11,13-15H2,1-3H3. The van der Waals surface area contributed by atoms with Crippen LogP contribution in [-0.4, -0.2) is 59.3 Å². The van der Waals surface area contributed by atoms with Crippen LogP contribution in [-0.2, 0) is 19.4 Å². The molecular formula is C25H31N3O3. The van der Waals surface area contributed by atoms with Gasteiger partial charge in [0.2, 0.25) is 0 Å². The van der Waals surface area contributed by atoms with Gasteiger partial charge in [0.1, 0.15) is 11.4 Å². The highest BCUT2D eigenvalue weighted by Gasteiger charge is 2.36. The van der Waals surface area contributed by atoms with Crippen molar-refractivity contribution in [3.63, 3.8) is 0 Å². The van der Waals surface area contributed by atoms with E-state index in [1.807, 2.05) is 11.8 Å². The second-order valence-corrected chi connectivity index (χ2v) is 10.0. The molecule has 5 rings (SSSR count). The average Bonchev–Trinajstić information content (AvgIpc) is 3.31. The molecule has 0 bridgehead atoms. The van der Waals surface area contributed by atoms with E-state index in [1.54, 1.807) is 0 Å². The number of hydrogen-bond acceptors (Lipinski definition) is 4. The van der Waals surface area contributed by atoms with E-state index in [-0.39, 0.29) is 17.1 Å². The van der Waals surface area contributed by atoms with Crippen molar-refractivity contribution in [1.82, 2.24) is 14.8 Å². The Kier molecular flexibility index (Phi) is 4.93. The quantitative estimate of drug-likeness (QED) is 0.825. The first-order valence-corrected chi connectivity index (χ1v) is 11.3. The molecule has 1 fully saturated rings. The highest BCUT2D eigenvalue weighted by atomic mass is 16.5. The average molecular weight is 422 g/mol. The maximum absolute atomic E-state index is 13.3. The first-order chi connectivity index (χ1) is 14.8. The number of fused-ring (bicyclic) bond motifs is 2. The van der Waals surface area contributed by atoms with Crippen LogP contribution in [0.1, 0.15) is 63.5 Å². The third-order valence-electron chi connectivity index (χ3n) is 6.93. The number of carbonyl (C=O) groups excluding carboxylic acids is 2. The molecule has 0 radical (unpaired) electrons. The molecule has 3 aliphatic rings. The van der Waals surface area contributed by atoms with Gasteiger partial charge in [-0.3, -0.25) is 14.5 Å². The van der Waals surface area contributed by atoms with E-state index in [0.29, 0.717) is 25.2 Å². The maximum atomic E-state index is 13.3. The van der Waals surface area contributed by atoms with Crippen LogP contribution in [0.25, 0.3) is 0 Å². The summed E-state index contributed by atoms with van der Waals surface area (Å²) in [5.74, 6) is 1.19. The zero-order valence-electron chi connectivity index (χ0n) is 18.7. The molecule has 1 saturated heterocycles. The summed E-state index contributed by atoms with van der Waals surface area (Å²) < 4.78 is 5.60. The number of Topliss-reactive ketones (excluding diaryl/α,β-unsaturated/α-hetero) is 1. The lowest BCUT2D eigenvalue weighted by Gasteiger charge is -2.34. The van der Waals surface area contributed by atoms with Crippen LogP contribution in [0.15, 0.2) is 18.2 Å². The SMILES string of the molecule is Cc1c(C(=O)N2CCN(Cc3ccc4c(c3)CCO4)CC2)[nH]c2c1C(=O)CC(C)(C)C2. The number of nitrogens with zero attached hydrogens (tertiary/aromatic N) is 2. The van der Waals surface area contributed by atoms with E-state index in [0.717, 1.165) is 61.7 Å². The minimum atomic E-state index is -0.0585. The van der Waals surface area contributed by atoms with Crippen molar-refractivity contribution in [2.45, 2.75) is 46.6 Å². The van der Waals surface area contributed by atoms with Gasteiger partial charge in [0, 0.05) is 56.8 Å². The van der Waals surface area contributed by atoms with E-state index in [4.69, 9.17) is 4.74 Å². The molecule has 6 nitrogen and oxygen atoms in total. The predicted octanol–water partition coefficient (Wildman–Crippen LogP) is 3.37. The van der Waals surface area contributed by atoms with Gasteiger partial charge in [-0.15, -0.1) is 0 Å². The summed E-state index contributed by atoms with van der Waals surface area (Å²) in [6.45, 7) is 10.9. The predicted molar refractivity (Wildman–Crippen MR) is 119 cm³/mol. The lowest BCUT2D eigenvalue weighted by atomic mass is 9.75. The van der Waals surface area contributed by atoms with Crippen molar-refractivity contribution >= 4 is 11.7 Å². The van der Waals surface area contributed by atoms with Crippen LogP contribution in [0.5, 0.6) is 5.75 Å². The van der Waals surface area contributed by atoms with Gasteiger partial charge in [-0.2, -0.15) is 0 Å². The fraction of sp³-hybridized carbons (Fsp3) is 0.520. The lowest BCUT2D eigenvalue weighted by molar-refractivity contribution is 0.0622. The molecule has 0 saturated carbocycles. The Labute approximate surface area is 183 Å². The van der Waals surface area contributed by atoms with Crippen LogP contribution in [0.2, 0.25) is 0 Å². The number of H-pyrrole nitrogens is 1. The van der Waals surface area contributed by atoms with Crippen LogP contribution < -0.4 is 4.74 Å². The molecule has 2 aliphatic heterocycles. The van der Waals surface area contributed by atoms with Gasteiger partial charge in [-0.05, 0) is 41.5 Å². The number of rotatable bonds is 3. The number of amides is 1. The van der Waals surface area contributed by atoms with Gasteiger partial charge in [-0.1, -0.05) is 26.0 Å². The third-order valence-corrected chi connectivity index (χ3v) is 6.93. The second kappa shape index (κ2) is 7.52. The monoisotopic (exact) mass is 421 g/mol. The minimum absolute atomic E-state index is 0.0202. The molecule has 0 spiro atoms. The Morgan fingerprint density at radius 2 is 1.94 bits per heavy atom.